The number of rotatable bonds is 10. The van der Waals surface area contributed by atoms with Crippen LogP contribution >= 0.6 is 0 Å². The molecule has 0 aromatic rings. The predicted molar refractivity (Wildman–Crippen MR) is 91.2 cm³/mol. The van der Waals surface area contributed by atoms with Crippen LogP contribution in [0.1, 0.15) is 54.4 Å². The summed E-state index contributed by atoms with van der Waals surface area (Å²) in [6.45, 7) is 13.0. The van der Waals surface area contributed by atoms with Gasteiger partial charge in [0.15, 0.2) is 8.32 Å². The van der Waals surface area contributed by atoms with Gasteiger partial charge in [0, 0.05) is 13.7 Å². The van der Waals surface area contributed by atoms with E-state index in [0.717, 1.165) is 12.5 Å². The zero-order chi connectivity index (χ0) is 17.3. The number of carbonyl (C=O) groups excluding carboxylic acids is 2. The van der Waals surface area contributed by atoms with Crippen LogP contribution in [0.5, 0.6) is 0 Å². The maximum Gasteiger partial charge on any atom is 0.315 e. The monoisotopic (exact) mass is 331 g/mol. The predicted octanol–water partition coefficient (Wildman–Crippen LogP) is 3.25. The fourth-order valence-corrected chi connectivity index (χ4v) is 7.27. The lowest BCUT2D eigenvalue weighted by Crippen LogP contribution is -2.44. The molecule has 6 heteroatoms. The fourth-order valence-electron chi connectivity index (χ4n) is 2.91. The van der Waals surface area contributed by atoms with Crippen molar-refractivity contribution in [1.82, 2.24) is 5.32 Å². The zero-order valence-corrected chi connectivity index (χ0v) is 16.2. The molecule has 130 valence electrons. The van der Waals surface area contributed by atoms with Crippen molar-refractivity contribution in [1.29, 1.82) is 0 Å². The highest BCUT2D eigenvalue weighted by atomic mass is 28.4. The largest absolute Gasteiger partial charge is 0.463 e. The fraction of sp³-hybridized carbons (Fsp3) is 0.875. The molecule has 0 bridgehead atoms. The average Bonchev–Trinajstić information content (AvgIpc) is 2.36. The van der Waals surface area contributed by atoms with Crippen LogP contribution in [0.3, 0.4) is 0 Å². The standard InChI is InChI=1S/C16H33NO4Si/c1-12(2)21-16(19)11-15(18)17-9-8-10-22(20-7,13(3)4)14(5)6/h12-14H,8-11H2,1-7H3,(H,17,18). The number of carbonyl (C=O) groups is 2. The first kappa shape index (κ1) is 21.1. The molecule has 5 nitrogen and oxygen atoms in total. The summed E-state index contributed by atoms with van der Waals surface area (Å²) in [5.41, 5.74) is 1.07. The Morgan fingerprint density at radius 2 is 1.59 bits per heavy atom. The van der Waals surface area contributed by atoms with E-state index >= 15 is 0 Å². The quantitative estimate of drug-likeness (QED) is 0.289. The van der Waals surface area contributed by atoms with Gasteiger partial charge in [-0.25, -0.2) is 0 Å². The highest BCUT2D eigenvalue weighted by Gasteiger charge is 2.40. The summed E-state index contributed by atoms with van der Waals surface area (Å²) in [6.07, 6.45) is 0.478. The van der Waals surface area contributed by atoms with Gasteiger partial charge in [0.05, 0.1) is 6.10 Å². The molecule has 0 aromatic heterocycles. The summed E-state index contributed by atoms with van der Waals surface area (Å²) in [5, 5.41) is 2.79. The molecule has 0 unspecified atom stereocenters. The summed E-state index contributed by atoms with van der Waals surface area (Å²) < 4.78 is 10.9. The number of amides is 1. The van der Waals surface area contributed by atoms with E-state index in [1.807, 2.05) is 7.11 Å². The molecule has 0 spiro atoms. The molecule has 0 aliphatic heterocycles. The molecule has 1 N–H and O–H groups in total. The van der Waals surface area contributed by atoms with Crippen LogP contribution in [-0.2, 0) is 18.8 Å². The van der Waals surface area contributed by atoms with E-state index < -0.39 is 14.3 Å². The van der Waals surface area contributed by atoms with Crippen molar-refractivity contribution >= 4 is 20.2 Å². The number of hydrogen-bond acceptors (Lipinski definition) is 4. The summed E-state index contributed by atoms with van der Waals surface area (Å²) in [5.74, 6) is -0.748. The molecular weight excluding hydrogens is 298 g/mol. The van der Waals surface area contributed by atoms with Crippen molar-refractivity contribution in [3.05, 3.63) is 0 Å². The molecule has 0 saturated heterocycles. The summed E-state index contributed by atoms with van der Waals surface area (Å²) in [4.78, 5) is 23.0. The number of ether oxygens (including phenoxy) is 1. The van der Waals surface area contributed by atoms with Gasteiger partial charge in [0.1, 0.15) is 6.42 Å². The van der Waals surface area contributed by atoms with Crippen molar-refractivity contribution in [2.75, 3.05) is 13.7 Å². The van der Waals surface area contributed by atoms with Crippen LogP contribution in [0.25, 0.3) is 0 Å². The van der Waals surface area contributed by atoms with Gasteiger partial charge in [-0.3, -0.25) is 9.59 Å². The van der Waals surface area contributed by atoms with Gasteiger partial charge >= 0.3 is 5.97 Å². The normalized spacial score (nSPS) is 12.1. The molecule has 0 rings (SSSR count). The number of nitrogens with one attached hydrogen (secondary N) is 1. The lowest BCUT2D eigenvalue weighted by atomic mass is 10.3. The lowest BCUT2D eigenvalue weighted by molar-refractivity contribution is -0.149. The average molecular weight is 332 g/mol. The Balaban J connectivity index is 4.19. The second kappa shape index (κ2) is 10.00. The van der Waals surface area contributed by atoms with Gasteiger partial charge in [0.25, 0.3) is 0 Å². The van der Waals surface area contributed by atoms with E-state index in [0.29, 0.717) is 17.6 Å². The molecule has 0 radical (unpaired) electrons. The topological polar surface area (TPSA) is 64.6 Å². The van der Waals surface area contributed by atoms with Crippen molar-refractivity contribution in [2.24, 2.45) is 0 Å². The molecule has 0 aromatic carbocycles. The van der Waals surface area contributed by atoms with E-state index in [1.54, 1.807) is 13.8 Å². The molecule has 0 fully saturated rings. The second-order valence-electron chi connectivity index (χ2n) is 6.64. The maximum atomic E-state index is 11.7. The SMILES string of the molecule is CO[Si](CCCNC(=O)CC(=O)OC(C)C)(C(C)C)C(C)C. The molecule has 0 saturated carbocycles. The molecule has 0 aliphatic rings. The highest BCUT2D eigenvalue weighted by Crippen LogP contribution is 2.37. The summed E-state index contributed by atoms with van der Waals surface area (Å²) >= 11 is 0. The van der Waals surface area contributed by atoms with Gasteiger partial charge in [-0.2, -0.15) is 0 Å². The molecule has 22 heavy (non-hydrogen) atoms. The Morgan fingerprint density at radius 3 is 2.00 bits per heavy atom. The first-order valence-corrected chi connectivity index (χ1v) is 10.4. The Labute approximate surface area is 136 Å². The zero-order valence-electron chi connectivity index (χ0n) is 15.2. The van der Waals surface area contributed by atoms with Crippen molar-refractivity contribution in [3.8, 4) is 0 Å². The van der Waals surface area contributed by atoms with Gasteiger partial charge in [0.2, 0.25) is 5.91 Å². The van der Waals surface area contributed by atoms with Gasteiger partial charge in [-0.15, -0.1) is 0 Å². The van der Waals surface area contributed by atoms with Crippen LogP contribution in [0, 0.1) is 0 Å². The third-order valence-corrected chi connectivity index (χ3v) is 9.88. The smallest absolute Gasteiger partial charge is 0.315 e. The molecule has 0 atom stereocenters. The van der Waals surface area contributed by atoms with Crippen LogP contribution < -0.4 is 5.32 Å². The van der Waals surface area contributed by atoms with Gasteiger partial charge < -0.3 is 14.5 Å². The minimum absolute atomic E-state index is 0.189. The first-order chi connectivity index (χ1) is 10.2. The first-order valence-electron chi connectivity index (χ1n) is 8.17. The third kappa shape index (κ3) is 6.92. The van der Waals surface area contributed by atoms with E-state index in [4.69, 9.17) is 9.16 Å². The lowest BCUT2D eigenvalue weighted by Gasteiger charge is -2.37. The van der Waals surface area contributed by atoms with E-state index in [-0.39, 0.29) is 18.4 Å². The number of hydrogen-bond donors (Lipinski definition) is 1. The Hall–Kier alpha value is -0.883. The van der Waals surface area contributed by atoms with E-state index in [9.17, 15) is 9.59 Å². The number of esters is 1. The maximum absolute atomic E-state index is 11.7. The van der Waals surface area contributed by atoms with Crippen LogP contribution in [0.2, 0.25) is 17.1 Å². The van der Waals surface area contributed by atoms with Crippen LogP contribution in [-0.4, -0.2) is 40.0 Å². The molecule has 0 heterocycles. The van der Waals surface area contributed by atoms with Crippen LogP contribution in [0.4, 0.5) is 0 Å². The third-order valence-electron chi connectivity index (χ3n) is 4.07. The van der Waals surface area contributed by atoms with E-state index in [1.165, 1.54) is 0 Å². The Morgan fingerprint density at radius 1 is 1.05 bits per heavy atom. The van der Waals surface area contributed by atoms with Gasteiger partial charge in [-0.05, 0) is 37.4 Å². The minimum Gasteiger partial charge on any atom is -0.463 e. The second-order valence-corrected chi connectivity index (χ2v) is 11.8. The molecule has 1 amide bonds. The van der Waals surface area contributed by atoms with E-state index in [2.05, 4.69) is 33.0 Å². The Bertz CT molecular complexity index is 348. The highest BCUT2D eigenvalue weighted by molar-refractivity contribution is 6.76. The molecule has 0 aliphatic carbocycles. The van der Waals surface area contributed by atoms with Gasteiger partial charge in [-0.1, -0.05) is 27.7 Å². The van der Waals surface area contributed by atoms with Crippen molar-refractivity contribution in [3.63, 3.8) is 0 Å². The summed E-state index contributed by atoms with van der Waals surface area (Å²) in [6, 6.07) is 1.01. The van der Waals surface area contributed by atoms with Crippen molar-refractivity contribution in [2.45, 2.75) is 77.6 Å². The minimum atomic E-state index is -1.79. The molecular formula is C16H33NO4Si. The Kier molecular flexibility index (Phi) is 9.60. The summed E-state index contributed by atoms with van der Waals surface area (Å²) in [7, 11) is 0.0193. The van der Waals surface area contributed by atoms with Crippen molar-refractivity contribution < 1.29 is 18.8 Å². The van der Waals surface area contributed by atoms with Crippen LogP contribution in [0.15, 0.2) is 0 Å².